The van der Waals surface area contributed by atoms with E-state index in [1.807, 2.05) is 67.6 Å². The highest BCUT2D eigenvalue weighted by molar-refractivity contribution is 8.13. The third-order valence-corrected chi connectivity index (χ3v) is 8.38. The third kappa shape index (κ3) is 10.3. The second-order valence-corrected chi connectivity index (χ2v) is 13.3. The van der Waals surface area contributed by atoms with Crippen LogP contribution in [0, 0.1) is 13.8 Å². The van der Waals surface area contributed by atoms with Crippen LogP contribution in [0.4, 0.5) is 10.3 Å². The van der Waals surface area contributed by atoms with Gasteiger partial charge in [-0.3, -0.25) is 0 Å². The molecule has 43 heavy (non-hydrogen) atoms. The number of aromatic nitrogens is 4. The average molecular weight is 649 g/mol. The number of rotatable bonds is 6. The number of nitrogens with zero attached hydrogens (tertiary/aromatic N) is 4. The van der Waals surface area contributed by atoms with Gasteiger partial charge in [0.1, 0.15) is 0 Å². The molecule has 0 spiro atoms. The van der Waals surface area contributed by atoms with Gasteiger partial charge in [0.25, 0.3) is 9.05 Å². The fourth-order valence-corrected chi connectivity index (χ4v) is 5.33. The molecule has 0 atom stereocenters. The highest BCUT2D eigenvalue weighted by Gasteiger charge is 2.08. The second kappa shape index (κ2) is 15.4. The molecule has 0 fully saturated rings. The zero-order chi connectivity index (χ0) is 30.7. The van der Waals surface area contributed by atoms with Crippen molar-refractivity contribution < 1.29 is 8.42 Å². The fourth-order valence-electron chi connectivity index (χ4n) is 3.52. The molecule has 220 valence electrons. The SMILES string of the molecule is Cc1ccc(CNc2nc(-c3ccccc3)ns2)cc1.Cc1ccc(S(=O)(=O)Cl)cc1.Nc1nc(-c2ccccc2)ns1. The Bertz CT molecular complexity index is 1810. The van der Waals surface area contributed by atoms with Crippen LogP contribution in [0.1, 0.15) is 16.7 Å². The van der Waals surface area contributed by atoms with Crippen molar-refractivity contribution in [2.24, 2.45) is 0 Å². The Hall–Kier alpha value is -4.16. The molecule has 3 N–H and O–H groups in total. The number of nitrogens with one attached hydrogen (secondary N) is 1. The summed E-state index contributed by atoms with van der Waals surface area (Å²) in [6.07, 6.45) is 0. The Morgan fingerprint density at radius 3 is 1.67 bits per heavy atom. The maximum atomic E-state index is 10.7. The summed E-state index contributed by atoms with van der Waals surface area (Å²) < 4.78 is 29.9. The predicted octanol–water partition coefficient (Wildman–Crippen LogP) is 7.84. The van der Waals surface area contributed by atoms with Gasteiger partial charge in [-0.15, -0.1) is 0 Å². The van der Waals surface area contributed by atoms with Crippen LogP contribution < -0.4 is 11.1 Å². The van der Waals surface area contributed by atoms with Crippen molar-refractivity contribution in [2.75, 3.05) is 11.1 Å². The van der Waals surface area contributed by atoms with Crippen LogP contribution >= 0.6 is 33.7 Å². The topological polar surface area (TPSA) is 124 Å². The normalized spacial score (nSPS) is 10.6. The number of hydrogen-bond acceptors (Lipinski definition) is 10. The van der Waals surface area contributed by atoms with Gasteiger partial charge < -0.3 is 11.1 Å². The number of nitrogen functional groups attached to an aromatic ring is 1. The molecule has 0 saturated carbocycles. The van der Waals surface area contributed by atoms with E-state index >= 15 is 0 Å². The van der Waals surface area contributed by atoms with Crippen LogP contribution in [-0.2, 0) is 15.6 Å². The maximum Gasteiger partial charge on any atom is 0.261 e. The number of nitrogens with two attached hydrogens (primary N) is 1. The first-order valence-corrected chi connectivity index (χ1v) is 16.9. The van der Waals surface area contributed by atoms with Gasteiger partial charge in [0, 0.05) is 51.4 Å². The van der Waals surface area contributed by atoms with Crippen LogP contribution in [0.2, 0.25) is 0 Å². The number of benzene rings is 4. The molecule has 0 unspecified atom stereocenters. The Morgan fingerprint density at radius 1 is 0.698 bits per heavy atom. The molecule has 8 nitrogen and oxygen atoms in total. The van der Waals surface area contributed by atoms with Crippen molar-refractivity contribution in [3.05, 3.63) is 126 Å². The Morgan fingerprint density at radius 2 is 1.19 bits per heavy atom. The van der Waals surface area contributed by atoms with Gasteiger partial charge in [0.05, 0.1) is 4.90 Å². The van der Waals surface area contributed by atoms with Gasteiger partial charge in [-0.2, -0.15) is 18.7 Å². The lowest BCUT2D eigenvalue weighted by molar-refractivity contribution is 0.609. The molecule has 0 amide bonds. The van der Waals surface area contributed by atoms with Crippen LogP contribution in [0.3, 0.4) is 0 Å². The van der Waals surface area contributed by atoms with Gasteiger partial charge in [0.15, 0.2) is 16.8 Å². The van der Waals surface area contributed by atoms with Crippen molar-refractivity contribution in [3.8, 4) is 22.8 Å². The molecule has 0 aliphatic carbocycles. The van der Waals surface area contributed by atoms with E-state index in [1.54, 1.807) is 12.1 Å². The minimum atomic E-state index is -3.55. The molecule has 2 heterocycles. The van der Waals surface area contributed by atoms with E-state index in [4.69, 9.17) is 16.4 Å². The summed E-state index contributed by atoms with van der Waals surface area (Å²) in [6.45, 7) is 4.74. The maximum absolute atomic E-state index is 10.7. The second-order valence-electron chi connectivity index (χ2n) is 9.20. The van der Waals surface area contributed by atoms with Crippen LogP contribution in [0.5, 0.6) is 0 Å². The number of aryl methyl sites for hydroxylation is 2. The highest BCUT2D eigenvalue weighted by atomic mass is 35.7. The first-order valence-electron chi connectivity index (χ1n) is 13.0. The van der Waals surface area contributed by atoms with E-state index in [2.05, 4.69) is 55.2 Å². The molecule has 0 radical (unpaired) electrons. The van der Waals surface area contributed by atoms with Gasteiger partial charge >= 0.3 is 0 Å². The summed E-state index contributed by atoms with van der Waals surface area (Å²) in [7, 11) is 1.54. The quantitative estimate of drug-likeness (QED) is 0.175. The molecule has 4 aromatic carbocycles. The Kier molecular flexibility index (Phi) is 11.3. The summed E-state index contributed by atoms with van der Waals surface area (Å²) in [5, 5.41) is 4.67. The zero-order valence-electron chi connectivity index (χ0n) is 23.4. The third-order valence-electron chi connectivity index (χ3n) is 5.80. The van der Waals surface area contributed by atoms with Crippen LogP contribution in [0.25, 0.3) is 22.8 Å². The molecule has 0 bridgehead atoms. The largest absolute Gasteiger partial charge is 0.374 e. The first-order chi connectivity index (χ1) is 20.7. The van der Waals surface area contributed by atoms with E-state index in [0.717, 1.165) is 34.2 Å². The number of anilines is 2. The van der Waals surface area contributed by atoms with Gasteiger partial charge in [-0.05, 0) is 31.5 Å². The average Bonchev–Trinajstić information content (AvgIpc) is 3.68. The van der Waals surface area contributed by atoms with Crippen LogP contribution in [0.15, 0.2) is 114 Å². The predicted molar refractivity (Wildman–Crippen MR) is 178 cm³/mol. The van der Waals surface area contributed by atoms with E-state index < -0.39 is 9.05 Å². The minimum absolute atomic E-state index is 0.143. The molecule has 2 aromatic heterocycles. The van der Waals surface area contributed by atoms with Crippen LogP contribution in [-0.4, -0.2) is 27.1 Å². The fraction of sp³-hybridized carbons (Fsp3) is 0.0968. The van der Waals surface area contributed by atoms with E-state index in [0.29, 0.717) is 11.0 Å². The monoisotopic (exact) mass is 648 g/mol. The van der Waals surface area contributed by atoms with Crippen molar-refractivity contribution >= 4 is 53.1 Å². The Labute approximate surface area is 264 Å². The molecule has 12 heteroatoms. The molecule has 0 aliphatic rings. The molecular weight excluding hydrogens is 620 g/mol. The summed E-state index contributed by atoms with van der Waals surface area (Å²) in [4.78, 5) is 8.72. The van der Waals surface area contributed by atoms with E-state index in [-0.39, 0.29) is 4.90 Å². The molecule has 6 rings (SSSR count). The first kappa shape index (κ1) is 31.8. The minimum Gasteiger partial charge on any atom is -0.374 e. The molecule has 0 aliphatic heterocycles. The van der Waals surface area contributed by atoms with Crippen molar-refractivity contribution in [3.63, 3.8) is 0 Å². The van der Waals surface area contributed by atoms with Gasteiger partial charge in [-0.25, -0.2) is 8.42 Å². The standard InChI is InChI=1S/C16H15N3S.C8H7N3S.C7H7ClO2S/c1-12-7-9-13(10-8-12)11-17-16-18-15(19-20-16)14-5-3-2-4-6-14;9-8-10-7(11-12-8)6-4-2-1-3-5-6;1-6-2-4-7(5-3-6)11(8,9)10/h2-10H,11H2,1H3,(H,17,18,19);1-5H,(H2,9,10,11);2-5H,1H3. The van der Waals surface area contributed by atoms with Gasteiger partial charge in [-0.1, -0.05) is 108 Å². The highest BCUT2D eigenvalue weighted by Crippen LogP contribution is 2.21. The number of hydrogen-bond donors (Lipinski definition) is 2. The zero-order valence-corrected chi connectivity index (χ0v) is 26.6. The smallest absolute Gasteiger partial charge is 0.261 e. The van der Waals surface area contributed by atoms with Crippen molar-refractivity contribution in [2.45, 2.75) is 25.3 Å². The lowest BCUT2D eigenvalue weighted by Gasteiger charge is -2.02. The molecule has 6 aromatic rings. The Balaban J connectivity index is 0.000000158. The summed E-state index contributed by atoms with van der Waals surface area (Å²) >= 11 is 2.61. The number of halogens is 1. The van der Waals surface area contributed by atoms with Crippen molar-refractivity contribution in [1.82, 2.24) is 18.7 Å². The lowest BCUT2D eigenvalue weighted by Crippen LogP contribution is -1.98. The summed E-state index contributed by atoms with van der Waals surface area (Å²) in [5.41, 5.74) is 11.0. The molecular formula is C31H29ClN6O2S3. The van der Waals surface area contributed by atoms with Gasteiger partial charge in [0.2, 0.25) is 5.13 Å². The van der Waals surface area contributed by atoms with E-state index in [9.17, 15) is 8.42 Å². The van der Waals surface area contributed by atoms with Crippen molar-refractivity contribution in [1.29, 1.82) is 0 Å². The summed E-state index contributed by atoms with van der Waals surface area (Å²) in [5.74, 6) is 1.49. The van der Waals surface area contributed by atoms with E-state index in [1.165, 1.54) is 46.3 Å². The molecule has 0 saturated heterocycles. The summed E-state index contributed by atoms with van der Waals surface area (Å²) in [6, 6.07) is 34.7. The lowest BCUT2D eigenvalue weighted by atomic mass is 10.1.